The van der Waals surface area contributed by atoms with Gasteiger partial charge in [-0.1, -0.05) is 12.1 Å². The van der Waals surface area contributed by atoms with Gasteiger partial charge in [0.1, 0.15) is 0 Å². The molecule has 1 aliphatic heterocycles. The molecule has 2 aromatic rings. The summed E-state index contributed by atoms with van der Waals surface area (Å²) in [4.78, 5) is 6.39. The molecule has 0 saturated carbocycles. The van der Waals surface area contributed by atoms with E-state index < -0.39 is 6.43 Å². The summed E-state index contributed by atoms with van der Waals surface area (Å²) < 4.78 is 26.4. The molecule has 0 amide bonds. The standard InChI is InChI=1S/C19H23F2N3/c1-11-4-7-17(23-9-11)19-14-5-6-16(22)13(3)15(14)8-12(2)24(19)10-18(20)21/h4-7,9,12,18-19H,8,10,22H2,1-3H3/t12-,19+/m1/s1. The van der Waals surface area contributed by atoms with Gasteiger partial charge >= 0.3 is 0 Å². The summed E-state index contributed by atoms with van der Waals surface area (Å²) in [6, 6.07) is 7.48. The van der Waals surface area contributed by atoms with Crippen molar-refractivity contribution in [1.29, 1.82) is 0 Å². The normalized spacial score (nSPS) is 21.1. The number of aryl methyl sites for hydroxylation is 1. The Morgan fingerprint density at radius 2 is 2.00 bits per heavy atom. The third-order valence-corrected chi connectivity index (χ3v) is 4.93. The Hall–Kier alpha value is -2.01. The van der Waals surface area contributed by atoms with E-state index in [1.807, 2.05) is 49.9 Å². The fraction of sp³-hybridized carbons (Fsp3) is 0.421. The molecular weight excluding hydrogens is 308 g/mol. The van der Waals surface area contributed by atoms with Gasteiger partial charge in [-0.3, -0.25) is 9.88 Å². The number of nitrogens with two attached hydrogens (primary N) is 1. The van der Waals surface area contributed by atoms with E-state index in [2.05, 4.69) is 4.98 Å². The summed E-state index contributed by atoms with van der Waals surface area (Å²) in [5, 5.41) is 0. The van der Waals surface area contributed by atoms with Crippen LogP contribution in [0.4, 0.5) is 14.5 Å². The lowest BCUT2D eigenvalue weighted by atomic mass is 9.84. The summed E-state index contributed by atoms with van der Waals surface area (Å²) in [6.45, 7) is 5.71. The Kier molecular flexibility index (Phi) is 4.54. The van der Waals surface area contributed by atoms with Gasteiger partial charge in [-0.2, -0.15) is 0 Å². The Bertz CT molecular complexity index is 728. The van der Waals surface area contributed by atoms with Crippen LogP contribution < -0.4 is 5.73 Å². The van der Waals surface area contributed by atoms with Crippen molar-refractivity contribution in [3.63, 3.8) is 0 Å². The first-order valence-electron chi connectivity index (χ1n) is 8.22. The molecule has 2 heterocycles. The smallest absolute Gasteiger partial charge is 0.251 e. The molecule has 3 nitrogen and oxygen atoms in total. The molecule has 1 aliphatic rings. The van der Waals surface area contributed by atoms with Crippen molar-refractivity contribution in [3.05, 3.63) is 58.4 Å². The molecule has 0 unspecified atom stereocenters. The van der Waals surface area contributed by atoms with Gasteiger partial charge < -0.3 is 5.73 Å². The maximum Gasteiger partial charge on any atom is 0.251 e. The van der Waals surface area contributed by atoms with E-state index in [9.17, 15) is 8.78 Å². The van der Waals surface area contributed by atoms with Crippen LogP contribution in [0.25, 0.3) is 0 Å². The van der Waals surface area contributed by atoms with E-state index >= 15 is 0 Å². The predicted octanol–water partition coefficient (Wildman–Crippen LogP) is 3.88. The summed E-state index contributed by atoms with van der Waals surface area (Å²) in [7, 11) is 0. The molecule has 2 N–H and O–H groups in total. The molecule has 3 rings (SSSR count). The molecule has 0 spiro atoms. The van der Waals surface area contributed by atoms with Crippen LogP contribution in [0.1, 0.15) is 40.9 Å². The number of anilines is 1. The maximum atomic E-state index is 13.2. The average molecular weight is 331 g/mol. The summed E-state index contributed by atoms with van der Waals surface area (Å²) in [5.41, 5.74) is 11.9. The van der Waals surface area contributed by atoms with E-state index in [0.717, 1.165) is 34.5 Å². The van der Waals surface area contributed by atoms with Crippen LogP contribution in [-0.4, -0.2) is 28.9 Å². The van der Waals surface area contributed by atoms with Gasteiger partial charge in [-0.25, -0.2) is 8.78 Å². The first-order chi connectivity index (χ1) is 11.4. The van der Waals surface area contributed by atoms with E-state index in [-0.39, 0.29) is 18.6 Å². The molecule has 5 heteroatoms. The zero-order chi connectivity index (χ0) is 17.4. The van der Waals surface area contributed by atoms with E-state index in [4.69, 9.17) is 5.73 Å². The second kappa shape index (κ2) is 6.48. The van der Waals surface area contributed by atoms with Crippen LogP contribution in [0.15, 0.2) is 30.5 Å². The number of hydrogen-bond donors (Lipinski definition) is 1. The van der Waals surface area contributed by atoms with Crippen molar-refractivity contribution >= 4 is 5.69 Å². The van der Waals surface area contributed by atoms with Crippen molar-refractivity contribution < 1.29 is 8.78 Å². The quantitative estimate of drug-likeness (QED) is 0.868. The largest absolute Gasteiger partial charge is 0.399 e. The van der Waals surface area contributed by atoms with Crippen molar-refractivity contribution in [1.82, 2.24) is 9.88 Å². The van der Waals surface area contributed by atoms with Gasteiger partial charge in [-0.15, -0.1) is 0 Å². The number of pyridine rings is 1. The lowest BCUT2D eigenvalue weighted by Gasteiger charge is -2.42. The van der Waals surface area contributed by atoms with E-state index in [1.165, 1.54) is 5.56 Å². The van der Waals surface area contributed by atoms with Crippen LogP contribution in [-0.2, 0) is 6.42 Å². The molecule has 0 bridgehead atoms. The summed E-state index contributed by atoms with van der Waals surface area (Å²) in [5.74, 6) is 0. The van der Waals surface area contributed by atoms with Crippen LogP contribution in [0.2, 0.25) is 0 Å². The molecule has 1 aromatic carbocycles. The monoisotopic (exact) mass is 331 g/mol. The number of nitrogens with zero attached hydrogens (tertiary/aromatic N) is 2. The number of hydrogen-bond acceptors (Lipinski definition) is 3. The molecule has 0 fully saturated rings. The van der Waals surface area contributed by atoms with Gasteiger partial charge in [0, 0.05) is 17.9 Å². The van der Waals surface area contributed by atoms with Crippen molar-refractivity contribution in [2.45, 2.75) is 45.7 Å². The minimum atomic E-state index is -2.38. The van der Waals surface area contributed by atoms with Crippen molar-refractivity contribution in [2.24, 2.45) is 0 Å². The summed E-state index contributed by atoms with van der Waals surface area (Å²) >= 11 is 0. The predicted molar refractivity (Wildman–Crippen MR) is 92.3 cm³/mol. The number of benzene rings is 1. The molecule has 1 aromatic heterocycles. The highest BCUT2D eigenvalue weighted by Crippen LogP contribution is 2.39. The Morgan fingerprint density at radius 1 is 1.25 bits per heavy atom. The molecular formula is C19H23F2N3. The van der Waals surface area contributed by atoms with Crippen molar-refractivity contribution in [2.75, 3.05) is 12.3 Å². The zero-order valence-corrected chi connectivity index (χ0v) is 14.3. The number of alkyl halides is 2. The molecule has 0 saturated heterocycles. The van der Waals surface area contributed by atoms with Crippen LogP contribution in [0.5, 0.6) is 0 Å². The van der Waals surface area contributed by atoms with Gasteiger partial charge in [0.05, 0.1) is 18.3 Å². The lowest BCUT2D eigenvalue weighted by Crippen LogP contribution is -2.45. The van der Waals surface area contributed by atoms with Gasteiger partial charge in [0.15, 0.2) is 0 Å². The highest BCUT2D eigenvalue weighted by Gasteiger charge is 2.36. The number of nitrogen functional groups attached to an aromatic ring is 1. The summed E-state index contributed by atoms with van der Waals surface area (Å²) in [6.07, 6.45) is 0.136. The number of halogens is 2. The fourth-order valence-corrected chi connectivity index (χ4v) is 3.58. The minimum Gasteiger partial charge on any atom is -0.399 e. The number of aromatic nitrogens is 1. The highest BCUT2D eigenvalue weighted by atomic mass is 19.3. The number of fused-ring (bicyclic) bond motifs is 1. The zero-order valence-electron chi connectivity index (χ0n) is 14.3. The Labute approximate surface area is 141 Å². The average Bonchev–Trinajstić information content (AvgIpc) is 2.53. The van der Waals surface area contributed by atoms with Crippen LogP contribution in [0.3, 0.4) is 0 Å². The third-order valence-electron chi connectivity index (χ3n) is 4.93. The maximum absolute atomic E-state index is 13.2. The molecule has 24 heavy (non-hydrogen) atoms. The van der Waals surface area contributed by atoms with Gasteiger partial charge in [-0.05, 0) is 61.6 Å². The molecule has 2 atom stereocenters. The minimum absolute atomic E-state index is 0.0000954. The first-order valence-corrected chi connectivity index (χ1v) is 8.22. The fourth-order valence-electron chi connectivity index (χ4n) is 3.58. The second-order valence-electron chi connectivity index (χ2n) is 6.65. The van der Waals surface area contributed by atoms with Gasteiger partial charge in [0.2, 0.25) is 0 Å². The second-order valence-corrected chi connectivity index (χ2v) is 6.65. The Balaban J connectivity index is 2.15. The first kappa shape index (κ1) is 16.8. The molecule has 0 radical (unpaired) electrons. The Morgan fingerprint density at radius 3 is 2.62 bits per heavy atom. The van der Waals surface area contributed by atoms with E-state index in [0.29, 0.717) is 0 Å². The topological polar surface area (TPSA) is 42.1 Å². The van der Waals surface area contributed by atoms with Crippen LogP contribution in [0, 0.1) is 13.8 Å². The van der Waals surface area contributed by atoms with Gasteiger partial charge in [0.25, 0.3) is 6.43 Å². The highest BCUT2D eigenvalue weighted by molar-refractivity contribution is 5.56. The molecule has 128 valence electrons. The van der Waals surface area contributed by atoms with Crippen molar-refractivity contribution in [3.8, 4) is 0 Å². The third kappa shape index (κ3) is 3.00. The lowest BCUT2D eigenvalue weighted by molar-refractivity contribution is 0.0453. The van der Waals surface area contributed by atoms with E-state index in [1.54, 1.807) is 6.20 Å². The van der Waals surface area contributed by atoms with Crippen LogP contribution >= 0.6 is 0 Å². The molecule has 0 aliphatic carbocycles. The number of rotatable bonds is 3. The SMILES string of the molecule is Cc1ccc([C@@H]2c3ccc(N)c(C)c3C[C@@H](C)N2CC(F)F)nc1.